The van der Waals surface area contributed by atoms with E-state index in [1.807, 2.05) is 0 Å². The largest absolute Gasteiger partial charge is 0.478 e. The number of benzene rings is 1. The number of nitrogens with two attached hydrogens (primary N) is 1. The predicted molar refractivity (Wildman–Crippen MR) is 77.5 cm³/mol. The number of rotatable bonds is 5. The number of carboxylic acid groups (broad SMARTS) is 1. The Morgan fingerprint density at radius 2 is 2.05 bits per heavy atom. The van der Waals surface area contributed by atoms with Gasteiger partial charge in [-0.25, -0.2) is 17.5 Å². The number of carbonyl (C=O) groups is 1. The van der Waals surface area contributed by atoms with Crippen LogP contribution in [0.15, 0.2) is 23.1 Å². The molecule has 0 fully saturated rings. The van der Waals surface area contributed by atoms with Gasteiger partial charge in [0, 0.05) is 19.8 Å². The van der Waals surface area contributed by atoms with Gasteiger partial charge in [-0.1, -0.05) is 17.8 Å². The van der Waals surface area contributed by atoms with E-state index in [0.717, 1.165) is 16.1 Å². The number of carboxylic acids is 1. The lowest BCUT2D eigenvalue weighted by Crippen LogP contribution is -2.24. The van der Waals surface area contributed by atoms with Gasteiger partial charge in [0.2, 0.25) is 10.0 Å². The fraction of sp³-hybridized carbons (Fsp3) is 0.273. The van der Waals surface area contributed by atoms with E-state index in [-0.39, 0.29) is 26.9 Å². The number of hydrogen-bond acceptors (Lipinski definition) is 5. The van der Waals surface area contributed by atoms with Crippen molar-refractivity contribution >= 4 is 32.9 Å². The van der Waals surface area contributed by atoms with Crippen LogP contribution in [0.25, 0.3) is 0 Å². The summed E-state index contributed by atoms with van der Waals surface area (Å²) >= 11 is 0.873. The first kappa shape index (κ1) is 16.5. The molecule has 0 heterocycles. The van der Waals surface area contributed by atoms with Crippen LogP contribution in [0.3, 0.4) is 0 Å². The molecule has 7 nitrogen and oxygen atoms in total. The predicted octanol–water partition coefficient (Wildman–Crippen LogP) is 0.762. The summed E-state index contributed by atoms with van der Waals surface area (Å²) < 4.78 is 25.4. The maximum atomic E-state index is 12.2. The summed E-state index contributed by atoms with van der Waals surface area (Å²) in [4.78, 5) is 11.1. The first-order chi connectivity index (χ1) is 9.17. The minimum Gasteiger partial charge on any atom is -0.478 e. The Bertz CT molecular complexity index is 641. The van der Waals surface area contributed by atoms with Crippen molar-refractivity contribution in [2.24, 2.45) is 5.73 Å². The second kappa shape index (κ2) is 6.25. The van der Waals surface area contributed by atoms with Gasteiger partial charge >= 0.3 is 5.97 Å². The minimum absolute atomic E-state index is 0.000208. The highest BCUT2D eigenvalue weighted by atomic mass is 32.2. The molecule has 4 N–H and O–H groups in total. The molecule has 1 rings (SSSR count). The van der Waals surface area contributed by atoms with Crippen molar-refractivity contribution in [1.29, 1.82) is 5.41 Å². The molecule has 0 saturated heterocycles. The number of amidine groups is 1. The molecule has 0 unspecified atom stereocenters. The number of sulfonamides is 1. The first-order valence-corrected chi connectivity index (χ1v) is 7.85. The van der Waals surface area contributed by atoms with Crippen LogP contribution in [-0.4, -0.2) is 43.1 Å². The zero-order chi connectivity index (χ0) is 15.5. The molecule has 0 radical (unpaired) electrons. The van der Waals surface area contributed by atoms with Crippen LogP contribution in [0.1, 0.15) is 15.9 Å². The average molecular weight is 317 g/mol. The summed E-state index contributed by atoms with van der Waals surface area (Å²) in [5, 5.41) is 16.1. The van der Waals surface area contributed by atoms with Gasteiger partial charge in [-0.3, -0.25) is 5.41 Å². The molecule has 1 aromatic rings. The highest BCUT2D eigenvalue weighted by molar-refractivity contribution is 8.13. The number of nitrogens with zero attached hydrogens (tertiary/aromatic N) is 1. The van der Waals surface area contributed by atoms with E-state index in [1.165, 1.54) is 32.3 Å². The van der Waals surface area contributed by atoms with Gasteiger partial charge in [-0.05, 0) is 17.7 Å². The molecule has 0 saturated carbocycles. The topological polar surface area (TPSA) is 125 Å². The molecule has 9 heteroatoms. The zero-order valence-corrected chi connectivity index (χ0v) is 12.6. The summed E-state index contributed by atoms with van der Waals surface area (Å²) in [5.74, 6) is -1.22. The third-order valence-corrected chi connectivity index (χ3v) is 5.14. The molecule has 20 heavy (non-hydrogen) atoms. The van der Waals surface area contributed by atoms with Crippen LogP contribution >= 0.6 is 11.8 Å². The van der Waals surface area contributed by atoms with Crippen LogP contribution in [0.4, 0.5) is 0 Å². The molecule has 0 bridgehead atoms. The lowest BCUT2D eigenvalue weighted by molar-refractivity contribution is 0.0695. The third-order valence-electron chi connectivity index (χ3n) is 2.49. The summed E-state index contributed by atoms with van der Waals surface area (Å²) in [7, 11) is -1.03. The van der Waals surface area contributed by atoms with Gasteiger partial charge in [-0.2, -0.15) is 0 Å². The Morgan fingerprint density at radius 3 is 2.50 bits per heavy atom. The van der Waals surface area contributed by atoms with E-state index >= 15 is 0 Å². The molecule has 110 valence electrons. The number of thioether (sulfide) groups is 1. The van der Waals surface area contributed by atoms with Crippen molar-refractivity contribution in [2.45, 2.75) is 10.6 Å². The van der Waals surface area contributed by atoms with E-state index in [9.17, 15) is 13.2 Å². The zero-order valence-electron chi connectivity index (χ0n) is 11.0. The van der Waals surface area contributed by atoms with Crippen LogP contribution in [0.2, 0.25) is 0 Å². The van der Waals surface area contributed by atoms with Gasteiger partial charge < -0.3 is 10.8 Å². The summed E-state index contributed by atoms with van der Waals surface area (Å²) in [6, 6.07) is 4.05. The van der Waals surface area contributed by atoms with Crippen LogP contribution in [0, 0.1) is 5.41 Å². The Balaban J connectivity index is 3.48. The SMILES string of the molecule is CN(C)S(=O)(=O)c1cccc(C(=O)O)c1CSC(=N)N. The standard InChI is InChI=1S/C11H15N3O4S2/c1-14(2)20(17,18)9-5-3-4-7(10(15)16)8(9)6-19-11(12)13/h3-5H,6H2,1-2H3,(H3,12,13)(H,15,16). The number of aromatic carboxylic acids is 1. The average Bonchev–Trinajstić information content (AvgIpc) is 2.35. The van der Waals surface area contributed by atoms with Gasteiger partial charge in [0.25, 0.3) is 0 Å². The van der Waals surface area contributed by atoms with E-state index in [4.69, 9.17) is 16.2 Å². The lowest BCUT2D eigenvalue weighted by Gasteiger charge is -2.16. The number of hydrogen-bond donors (Lipinski definition) is 3. The minimum atomic E-state index is -3.77. The smallest absolute Gasteiger partial charge is 0.336 e. The second-order valence-corrected chi connectivity index (χ2v) is 7.17. The Kier molecular flexibility index (Phi) is 5.15. The fourth-order valence-electron chi connectivity index (χ4n) is 1.50. The van der Waals surface area contributed by atoms with Crippen molar-refractivity contribution in [3.63, 3.8) is 0 Å². The van der Waals surface area contributed by atoms with Gasteiger partial charge in [-0.15, -0.1) is 0 Å². The summed E-state index contributed by atoms with van der Waals surface area (Å²) in [6.45, 7) is 0. The highest BCUT2D eigenvalue weighted by Crippen LogP contribution is 2.26. The van der Waals surface area contributed by atoms with Crippen molar-refractivity contribution in [2.75, 3.05) is 14.1 Å². The monoisotopic (exact) mass is 317 g/mol. The van der Waals surface area contributed by atoms with Crippen LogP contribution in [0.5, 0.6) is 0 Å². The first-order valence-electron chi connectivity index (χ1n) is 5.42. The molecule has 0 aliphatic rings. The normalized spacial score (nSPS) is 11.6. The molecule has 0 aliphatic carbocycles. The third kappa shape index (κ3) is 3.50. The Labute approximate surface area is 121 Å². The van der Waals surface area contributed by atoms with Crippen molar-refractivity contribution < 1.29 is 18.3 Å². The molecular weight excluding hydrogens is 302 g/mol. The highest BCUT2D eigenvalue weighted by Gasteiger charge is 2.25. The van der Waals surface area contributed by atoms with E-state index in [0.29, 0.717) is 0 Å². The molecule has 0 aliphatic heterocycles. The molecular formula is C11H15N3O4S2. The van der Waals surface area contributed by atoms with Crippen molar-refractivity contribution in [1.82, 2.24) is 4.31 Å². The molecule has 0 amide bonds. The number of nitrogens with one attached hydrogen (secondary N) is 1. The maximum Gasteiger partial charge on any atom is 0.336 e. The maximum absolute atomic E-state index is 12.2. The molecule has 1 aromatic carbocycles. The second-order valence-electron chi connectivity index (χ2n) is 4.03. The van der Waals surface area contributed by atoms with Gasteiger partial charge in [0.05, 0.1) is 10.5 Å². The van der Waals surface area contributed by atoms with E-state index < -0.39 is 16.0 Å². The van der Waals surface area contributed by atoms with Crippen molar-refractivity contribution in [3.8, 4) is 0 Å². The molecule has 0 spiro atoms. The Morgan fingerprint density at radius 1 is 1.45 bits per heavy atom. The van der Waals surface area contributed by atoms with Crippen LogP contribution < -0.4 is 5.73 Å². The van der Waals surface area contributed by atoms with Crippen molar-refractivity contribution in [3.05, 3.63) is 29.3 Å². The lowest BCUT2D eigenvalue weighted by atomic mass is 10.1. The van der Waals surface area contributed by atoms with Crippen LogP contribution in [-0.2, 0) is 15.8 Å². The molecule has 0 atom stereocenters. The quantitative estimate of drug-likeness (QED) is 0.544. The fourth-order valence-corrected chi connectivity index (χ4v) is 3.34. The Hall–Kier alpha value is -1.58. The summed E-state index contributed by atoms with van der Waals surface area (Å²) in [5.41, 5.74) is 5.25. The van der Waals surface area contributed by atoms with Gasteiger partial charge in [0.15, 0.2) is 5.17 Å². The van der Waals surface area contributed by atoms with E-state index in [1.54, 1.807) is 0 Å². The molecule has 0 aromatic heterocycles. The van der Waals surface area contributed by atoms with E-state index in [2.05, 4.69) is 0 Å². The summed E-state index contributed by atoms with van der Waals surface area (Å²) in [6.07, 6.45) is 0. The van der Waals surface area contributed by atoms with Gasteiger partial charge in [0.1, 0.15) is 0 Å².